The van der Waals surface area contributed by atoms with E-state index < -0.39 is 0 Å². The van der Waals surface area contributed by atoms with Gasteiger partial charge in [0.25, 0.3) is 0 Å². The van der Waals surface area contributed by atoms with Gasteiger partial charge in [0.2, 0.25) is 0 Å². The zero-order chi connectivity index (χ0) is 13.1. The predicted octanol–water partition coefficient (Wildman–Crippen LogP) is 3.32. The quantitative estimate of drug-likeness (QED) is 0.928. The Kier molecular flexibility index (Phi) is 3.80. The maximum atomic E-state index is 5.85. The largest absolute Gasteiger partial charge is 0.488 e. The summed E-state index contributed by atoms with van der Waals surface area (Å²) in [4.78, 5) is 5.21. The van der Waals surface area contributed by atoms with Crippen molar-refractivity contribution in [2.24, 2.45) is 0 Å². The molecule has 1 N–H and O–H groups in total. The lowest BCUT2D eigenvalue weighted by Crippen LogP contribution is -2.21. The van der Waals surface area contributed by atoms with Gasteiger partial charge in [-0.3, -0.25) is 4.98 Å². The van der Waals surface area contributed by atoms with Gasteiger partial charge in [-0.2, -0.15) is 0 Å². The number of nitrogens with one attached hydrogen (secondary N) is 1. The minimum absolute atomic E-state index is 0.468. The third-order valence-corrected chi connectivity index (χ3v) is 4.40. The Morgan fingerprint density at radius 3 is 3.21 bits per heavy atom. The summed E-state index contributed by atoms with van der Waals surface area (Å²) in [7, 11) is 2.03. The SMILES string of the molecule is CNC1CCCc2ccc(OCc3cncs3)cc21. The van der Waals surface area contributed by atoms with Crippen LogP contribution >= 0.6 is 11.3 Å². The van der Waals surface area contributed by atoms with E-state index in [9.17, 15) is 0 Å². The maximum absolute atomic E-state index is 5.85. The number of rotatable bonds is 4. The summed E-state index contributed by atoms with van der Waals surface area (Å²) in [6, 6.07) is 6.95. The summed E-state index contributed by atoms with van der Waals surface area (Å²) in [6.45, 7) is 0.605. The van der Waals surface area contributed by atoms with Crippen LogP contribution in [-0.2, 0) is 13.0 Å². The monoisotopic (exact) mass is 274 g/mol. The van der Waals surface area contributed by atoms with Gasteiger partial charge < -0.3 is 10.1 Å². The Balaban J connectivity index is 1.76. The highest BCUT2D eigenvalue weighted by molar-refractivity contribution is 7.09. The molecule has 0 aliphatic heterocycles. The van der Waals surface area contributed by atoms with E-state index in [-0.39, 0.29) is 0 Å². The van der Waals surface area contributed by atoms with Gasteiger partial charge in [0.1, 0.15) is 12.4 Å². The Morgan fingerprint density at radius 2 is 2.42 bits per heavy atom. The highest BCUT2D eigenvalue weighted by atomic mass is 32.1. The van der Waals surface area contributed by atoms with Gasteiger partial charge in [-0.15, -0.1) is 11.3 Å². The number of ether oxygens (including phenoxy) is 1. The van der Waals surface area contributed by atoms with E-state index in [1.54, 1.807) is 11.3 Å². The number of hydrogen-bond donors (Lipinski definition) is 1. The van der Waals surface area contributed by atoms with Crippen LogP contribution in [0.1, 0.15) is 34.9 Å². The van der Waals surface area contributed by atoms with E-state index in [0.717, 1.165) is 10.6 Å². The average Bonchev–Trinajstić information content (AvgIpc) is 2.97. The number of benzene rings is 1. The number of fused-ring (bicyclic) bond motifs is 1. The topological polar surface area (TPSA) is 34.1 Å². The molecule has 1 atom stereocenters. The second-order valence-corrected chi connectivity index (χ2v) is 5.82. The Labute approximate surface area is 117 Å². The maximum Gasteiger partial charge on any atom is 0.124 e. The molecular weight excluding hydrogens is 256 g/mol. The molecule has 1 aliphatic carbocycles. The van der Waals surface area contributed by atoms with Crippen molar-refractivity contribution >= 4 is 11.3 Å². The van der Waals surface area contributed by atoms with E-state index >= 15 is 0 Å². The van der Waals surface area contributed by atoms with Crippen LogP contribution in [0, 0.1) is 0 Å². The number of nitrogens with zero attached hydrogens (tertiary/aromatic N) is 1. The van der Waals surface area contributed by atoms with Gasteiger partial charge in [0.15, 0.2) is 0 Å². The number of hydrogen-bond acceptors (Lipinski definition) is 4. The number of aromatic nitrogens is 1. The lowest BCUT2D eigenvalue weighted by Gasteiger charge is -2.25. The van der Waals surface area contributed by atoms with Crippen LogP contribution < -0.4 is 10.1 Å². The summed E-state index contributed by atoms with van der Waals surface area (Å²) in [5.74, 6) is 0.953. The van der Waals surface area contributed by atoms with Crippen LogP contribution in [0.5, 0.6) is 5.75 Å². The van der Waals surface area contributed by atoms with Gasteiger partial charge >= 0.3 is 0 Å². The summed E-state index contributed by atoms with van der Waals surface area (Å²) in [5.41, 5.74) is 4.69. The van der Waals surface area contributed by atoms with Gasteiger partial charge in [-0.05, 0) is 49.6 Å². The summed E-state index contributed by atoms with van der Waals surface area (Å²) in [6.07, 6.45) is 5.52. The summed E-state index contributed by atoms with van der Waals surface area (Å²) < 4.78 is 5.85. The molecule has 0 saturated heterocycles. The molecule has 0 spiro atoms. The summed E-state index contributed by atoms with van der Waals surface area (Å²) >= 11 is 1.63. The van der Waals surface area contributed by atoms with Crippen molar-refractivity contribution in [3.05, 3.63) is 45.9 Å². The van der Waals surface area contributed by atoms with Crippen LogP contribution in [0.2, 0.25) is 0 Å². The van der Waals surface area contributed by atoms with Crippen molar-refractivity contribution in [1.29, 1.82) is 0 Å². The molecule has 1 aromatic heterocycles. The molecule has 1 aliphatic rings. The van der Waals surface area contributed by atoms with Gasteiger partial charge in [-0.1, -0.05) is 6.07 Å². The average molecular weight is 274 g/mol. The normalized spacial score (nSPS) is 18.1. The van der Waals surface area contributed by atoms with E-state index in [1.165, 1.54) is 30.4 Å². The minimum atomic E-state index is 0.468. The fourth-order valence-electron chi connectivity index (χ4n) is 2.63. The van der Waals surface area contributed by atoms with Crippen LogP contribution in [0.25, 0.3) is 0 Å². The van der Waals surface area contributed by atoms with Crippen LogP contribution in [0.3, 0.4) is 0 Å². The number of aryl methyl sites for hydroxylation is 1. The Morgan fingerprint density at radius 1 is 1.47 bits per heavy atom. The molecule has 0 amide bonds. The molecule has 1 heterocycles. The van der Waals surface area contributed by atoms with E-state index in [4.69, 9.17) is 4.74 Å². The lowest BCUT2D eigenvalue weighted by molar-refractivity contribution is 0.308. The molecular formula is C15H18N2OS. The molecule has 19 heavy (non-hydrogen) atoms. The van der Waals surface area contributed by atoms with Crippen LogP contribution in [0.4, 0.5) is 0 Å². The minimum Gasteiger partial charge on any atom is -0.488 e. The zero-order valence-corrected chi connectivity index (χ0v) is 11.9. The van der Waals surface area contributed by atoms with Crippen molar-refractivity contribution < 1.29 is 4.74 Å². The van der Waals surface area contributed by atoms with Gasteiger partial charge in [0, 0.05) is 12.2 Å². The molecule has 0 radical (unpaired) electrons. The molecule has 4 heteroatoms. The molecule has 0 bridgehead atoms. The molecule has 0 fully saturated rings. The third-order valence-electron chi connectivity index (χ3n) is 3.64. The molecule has 3 nitrogen and oxygen atoms in total. The van der Waals surface area contributed by atoms with Crippen LogP contribution in [0.15, 0.2) is 29.9 Å². The summed E-state index contributed by atoms with van der Waals surface area (Å²) in [5, 5.41) is 3.39. The van der Waals surface area contributed by atoms with Crippen molar-refractivity contribution in [1.82, 2.24) is 10.3 Å². The van der Waals surface area contributed by atoms with Crippen molar-refractivity contribution in [2.75, 3.05) is 7.05 Å². The molecule has 0 saturated carbocycles. The van der Waals surface area contributed by atoms with E-state index in [1.807, 2.05) is 18.8 Å². The second kappa shape index (κ2) is 5.72. The highest BCUT2D eigenvalue weighted by Crippen LogP contribution is 2.32. The molecule has 100 valence electrons. The Hall–Kier alpha value is -1.39. The number of thiazole rings is 1. The van der Waals surface area contributed by atoms with Crippen molar-refractivity contribution in [3.8, 4) is 5.75 Å². The lowest BCUT2D eigenvalue weighted by atomic mass is 9.87. The smallest absolute Gasteiger partial charge is 0.124 e. The molecule has 1 aromatic carbocycles. The first-order valence-corrected chi connectivity index (χ1v) is 7.55. The van der Waals surface area contributed by atoms with E-state index in [2.05, 4.69) is 28.5 Å². The first-order valence-electron chi connectivity index (χ1n) is 6.67. The third kappa shape index (κ3) is 2.80. The fourth-order valence-corrected chi connectivity index (χ4v) is 3.14. The molecule has 1 unspecified atom stereocenters. The first kappa shape index (κ1) is 12.6. The fraction of sp³-hybridized carbons (Fsp3) is 0.400. The van der Waals surface area contributed by atoms with Gasteiger partial charge in [0.05, 0.1) is 10.4 Å². The molecule has 2 aromatic rings. The van der Waals surface area contributed by atoms with E-state index in [0.29, 0.717) is 12.6 Å². The van der Waals surface area contributed by atoms with Crippen LogP contribution in [-0.4, -0.2) is 12.0 Å². The zero-order valence-electron chi connectivity index (χ0n) is 11.1. The van der Waals surface area contributed by atoms with Crippen molar-refractivity contribution in [3.63, 3.8) is 0 Å². The first-order chi connectivity index (χ1) is 9.36. The Bertz CT molecular complexity index is 539. The van der Waals surface area contributed by atoms with Crippen molar-refractivity contribution in [2.45, 2.75) is 31.9 Å². The van der Waals surface area contributed by atoms with Gasteiger partial charge in [-0.25, -0.2) is 0 Å². The second-order valence-electron chi connectivity index (χ2n) is 4.85. The predicted molar refractivity (Wildman–Crippen MR) is 77.6 cm³/mol. The molecule has 3 rings (SSSR count). The highest BCUT2D eigenvalue weighted by Gasteiger charge is 2.19. The standard InChI is InChI=1S/C15H18N2OS/c1-16-15-4-2-3-11-5-6-12(7-14(11)15)18-9-13-8-17-10-19-13/h5-8,10,15-16H,2-4,9H2,1H3.